The topological polar surface area (TPSA) is 72.1 Å². The van der Waals surface area contributed by atoms with Crippen molar-refractivity contribution in [1.29, 1.82) is 0 Å². The number of aryl methyl sites for hydroxylation is 1. The van der Waals surface area contributed by atoms with Crippen molar-refractivity contribution in [2.45, 2.75) is 19.3 Å². The molecule has 0 N–H and O–H groups in total. The SMILES string of the molecule is Cc1ccnc([C@@H]2CCN(C(=O)c3cnco3)C2)n1. The van der Waals surface area contributed by atoms with E-state index < -0.39 is 0 Å². The summed E-state index contributed by atoms with van der Waals surface area (Å²) in [4.78, 5) is 26.3. The lowest BCUT2D eigenvalue weighted by Crippen LogP contribution is -2.28. The maximum absolute atomic E-state index is 12.1. The Labute approximate surface area is 110 Å². The van der Waals surface area contributed by atoms with Crippen LogP contribution in [0.3, 0.4) is 0 Å². The highest BCUT2D eigenvalue weighted by molar-refractivity contribution is 5.91. The fraction of sp³-hybridized carbons (Fsp3) is 0.385. The molecule has 1 atom stereocenters. The molecule has 98 valence electrons. The van der Waals surface area contributed by atoms with E-state index >= 15 is 0 Å². The van der Waals surface area contributed by atoms with Crippen LogP contribution in [0.2, 0.25) is 0 Å². The molecule has 1 aliphatic heterocycles. The number of carbonyl (C=O) groups excluding carboxylic acids is 1. The Balaban J connectivity index is 1.72. The van der Waals surface area contributed by atoms with Gasteiger partial charge in [0.2, 0.25) is 5.76 Å². The summed E-state index contributed by atoms with van der Waals surface area (Å²) >= 11 is 0. The Morgan fingerprint density at radius 3 is 3.16 bits per heavy atom. The number of hydrogen-bond donors (Lipinski definition) is 0. The fourth-order valence-electron chi connectivity index (χ4n) is 2.30. The van der Waals surface area contributed by atoms with Gasteiger partial charge in [-0.3, -0.25) is 4.79 Å². The molecule has 19 heavy (non-hydrogen) atoms. The Bertz CT molecular complexity index is 582. The van der Waals surface area contributed by atoms with Crippen LogP contribution in [0.4, 0.5) is 0 Å². The summed E-state index contributed by atoms with van der Waals surface area (Å²) in [6.07, 6.45) is 5.35. The zero-order valence-electron chi connectivity index (χ0n) is 10.6. The lowest BCUT2D eigenvalue weighted by Gasteiger charge is -2.14. The van der Waals surface area contributed by atoms with Crippen molar-refractivity contribution >= 4 is 5.91 Å². The van der Waals surface area contributed by atoms with Crippen molar-refractivity contribution < 1.29 is 9.21 Å². The van der Waals surface area contributed by atoms with Crippen molar-refractivity contribution in [3.05, 3.63) is 42.1 Å². The summed E-state index contributed by atoms with van der Waals surface area (Å²) in [6, 6.07) is 1.87. The monoisotopic (exact) mass is 258 g/mol. The molecule has 0 radical (unpaired) electrons. The Morgan fingerprint density at radius 2 is 2.42 bits per heavy atom. The summed E-state index contributed by atoms with van der Waals surface area (Å²) in [5.41, 5.74) is 0.949. The molecule has 6 nitrogen and oxygen atoms in total. The molecule has 1 aliphatic rings. The third-order valence-corrected chi connectivity index (χ3v) is 3.30. The second kappa shape index (κ2) is 4.79. The molecule has 1 fully saturated rings. The van der Waals surface area contributed by atoms with Crippen molar-refractivity contribution in [2.24, 2.45) is 0 Å². The first-order valence-electron chi connectivity index (χ1n) is 6.21. The van der Waals surface area contributed by atoms with E-state index in [1.807, 2.05) is 13.0 Å². The van der Waals surface area contributed by atoms with Gasteiger partial charge in [0.25, 0.3) is 5.91 Å². The van der Waals surface area contributed by atoms with Crippen LogP contribution in [0.5, 0.6) is 0 Å². The highest BCUT2D eigenvalue weighted by Gasteiger charge is 2.30. The number of oxazole rings is 1. The van der Waals surface area contributed by atoms with Gasteiger partial charge < -0.3 is 9.32 Å². The molecule has 3 heterocycles. The number of likely N-dealkylation sites (tertiary alicyclic amines) is 1. The first-order chi connectivity index (χ1) is 9.24. The quantitative estimate of drug-likeness (QED) is 0.814. The Hall–Kier alpha value is -2.24. The van der Waals surface area contributed by atoms with Crippen molar-refractivity contribution in [1.82, 2.24) is 19.9 Å². The molecule has 0 bridgehead atoms. The molecule has 0 spiro atoms. The summed E-state index contributed by atoms with van der Waals surface area (Å²) in [5, 5.41) is 0. The number of amides is 1. The normalized spacial score (nSPS) is 18.8. The third kappa shape index (κ3) is 2.33. The minimum Gasteiger partial charge on any atom is -0.438 e. The van der Waals surface area contributed by atoms with E-state index in [-0.39, 0.29) is 17.6 Å². The van der Waals surface area contributed by atoms with E-state index in [1.54, 1.807) is 11.1 Å². The summed E-state index contributed by atoms with van der Waals surface area (Å²) in [7, 11) is 0. The lowest BCUT2D eigenvalue weighted by atomic mass is 10.1. The number of aromatic nitrogens is 3. The molecule has 2 aromatic rings. The molecule has 6 heteroatoms. The highest BCUT2D eigenvalue weighted by Crippen LogP contribution is 2.25. The maximum atomic E-state index is 12.1. The van der Waals surface area contributed by atoms with Gasteiger partial charge in [0, 0.05) is 30.9 Å². The van der Waals surface area contributed by atoms with Gasteiger partial charge in [0.1, 0.15) is 5.82 Å². The number of carbonyl (C=O) groups is 1. The van der Waals surface area contributed by atoms with Gasteiger partial charge in [0.05, 0.1) is 6.20 Å². The van der Waals surface area contributed by atoms with Crippen molar-refractivity contribution in [3.63, 3.8) is 0 Å². The first-order valence-corrected chi connectivity index (χ1v) is 6.21. The number of rotatable bonds is 2. The van der Waals surface area contributed by atoms with Gasteiger partial charge in [0.15, 0.2) is 6.39 Å². The molecule has 0 aromatic carbocycles. The molecular formula is C13H14N4O2. The maximum Gasteiger partial charge on any atom is 0.291 e. The summed E-state index contributed by atoms with van der Waals surface area (Å²) < 4.78 is 5.03. The van der Waals surface area contributed by atoms with Crippen LogP contribution in [0.1, 0.15) is 34.4 Å². The zero-order valence-corrected chi connectivity index (χ0v) is 10.6. The lowest BCUT2D eigenvalue weighted by molar-refractivity contribution is 0.0759. The smallest absolute Gasteiger partial charge is 0.291 e. The Kier molecular flexibility index (Phi) is 2.98. The van der Waals surface area contributed by atoms with Crippen LogP contribution < -0.4 is 0 Å². The van der Waals surface area contributed by atoms with Gasteiger partial charge in [-0.05, 0) is 19.4 Å². The average Bonchev–Trinajstić information content (AvgIpc) is 3.10. The van der Waals surface area contributed by atoms with Crippen LogP contribution in [-0.4, -0.2) is 38.8 Å². The predicted octanol–water partition coefficient (Wildman–Crippen LogP) is 1.40. The van der Waals surface area contributed by atoms with Crippen molar-refractivity contribution in [3.8, 4) is 0 Å². The van der Waals surface area contributed by atoms with Crippen LogP contribution in [0, 0.1) is 6.92 Å². The molecule has 1 saturated heterocycles. The minimum absolute atomic E-state index is 0.118. The predicted molar refractivity (Wildman–Crippen MR) is 66.5 cm³/mol. The number of hydrogen-bond acceptors (Lipinski definition) is 5. The standard InChI is InChI=1S/C13H14N4O2/c1-9-2-4-15-12(16-9)10-3-5-17(7-10)13(18)11-6-14-8-19-11/h2,4,6,8,10H,3,5,7H2,1H3/t10-/m1/s1. The molecule has 0 saturated carbocycles. The van der Waals surface area contributed by atoms with E-state index in [9.17, 15) is 4.79 Å². The second-order valence-corrected chi connectivity index (χ2v) is 4.66. The minimum atomic E-state index is -0.118. The first kappa shape index (κ1) is 11.8. The van der Waals surface area contributed by atoms with E-state index in [0.29, 0.717) is 13.1 Å². The number of nitrogens with zero attached hydrogens (tertiary/aromatic N) is 4. The van der Waals surface area contributed by atoms with E-state index in [1.165, 1.54) is 12.6 Å². The largest absolute Gasteiger partial charge is 0.438 e. The van der Waals surface area contributed by atoms with E-state index in [2.05, 4.69) is 15.0 Å². The average molecular weight is 258 g/mol. The van der Waals surface area contributed by atoms with Gasteiger partial charge >= 0.3 is 0 Å². The van der Waals surface area contributed by atoms with Gasteiger partial charge in [-0.25, -0.2) is 15.0 Å². The van der Waals surface area contributed by atoms with Crippen LogP contribution >= 0.6 is 0 Å². The van der Waals surface area contributed by atoms with Crippen LogP contribution in [0.15, 0.2) is 29.3 Å². The third-order valence-electron chi connectivity index (χ3n) is 3.30. The van der Waals surface area contributed by atoms with Gasteiger partial charge in [-0.1, -0.05) is 0 Å². The molecular weight excluding hydrogens is 244 g/mol. The zero-order chi connectivity index (χ0) is 13.2. The second-order valence-electron chi connectivity index (χ2n) is 4.66. The highest BCUT2D eigenvalue weighted by atomic mass is 16.3. The molecule has 1 amide bonds. The van der Waals surface area contributed by atoms with E-state index in [0.717, 1.165) is 17.9 Å². The fourth-order valence-corrected chi connectivity index (χ4v) is 2.30. The van der Waals surface area contributed by atoms with Crippen molar-refractivity contribution in [2.75, 3.05) is 13.1 Å². The van der Waals surface area contributed by atoms with Gasteiger partial charge in [-0.2, -0.15) is 0 Å². The summed E-state index contributed by atoms with van der Waals surface area (Å²) in [5.74, 6) is 1.18. The Morgan fingerprint density at radius 1 is 1.53 bits per heavy atom. The van der Waals surface area contributed by atoms with Crippen LogP contribution in [-0.2, 0) is 0 Å². The molecule has 2 aromatic heterocycles. The molecule has 0 unspecified atom stereocenters. The van der Waals surface area contributed by atoms with Gasteiger partial charge in [-0.15, -0.1) is 0 Å². The molecule has 0 aliphatic carbocycles. The summed E-state index contributed by atoms with van der Waals surface area (Å²) in [6.45, 7) is 3.27. The van der Waals surface area contributed by atoms with Crippen LogP contribution in [0.25, 0.3) is 0 Å². The van der Waals surface area contributed by atoms with E-state index in [4.69, 9.17) is 4.42 Å². The molecule has 3 rings (SSSR count).